The molecule has 0 aliphatic heterocycles. The smallest absolute Gasteiger partial charge is 0.251 e. The van der Waals surface area contributed by atoms with Crippen molar-refractivity contribution >= 4 is 17.5 Å². The monoisotopic (exact) mass is 376 g/mol. The van der Waals surface area contributed by atoms with Gasteiger partial charge in [-0.25, -0.2) is 0 Å². The molecule has 0 radical (unpaired) electrons. The zero-order valence-electron chi connectivity index (χ0n) is 15.4. The number of rotatable bonds is 6. The molecule has 3 aromatic rings. The molecule has 0 saturated heterocycles. The molecule has 0 atom stereocenters. The van der Waals surface area contributed by atoms with Crippen LogP contribution in [0, 0.1) is 6.92 Å². The van der Waals surface area contributed by atoms with Gasteiger partial charge in [-0.1, -0.05) is 30.3 Å². The van der Waals surface area contributed by atoms with Crippen LogP contribution in [-0.2, 0) is 11.3 Å². The van der Waals surface area contributed by atoms with Crippen LogP contribution in [0.4, 0.5) is 5.69 Å². The molecule has 0 unspecified atom stereocenters. The molecule has 1 aromatic heterocycles. The Morgan fingerprint density at radius 2 is 1.96 bits per heavy atom. The van der Waals surface area contributed by atoms with E-state index in [0.29, 0.717) is 17.1 Å². The minimum absolute atomic E-state index is 0.0720. The maximum Gasteiger partial charge on any atom is 0.251 e. The normalized spacial score (nSPS) is 13.2. The van der Waals surface area contributed by atoms with Crippen LogP contribution in [0.15, 0.2) is 48.5 Å². The Morgan fingerprint density at radius 3 is 2.75 bits per heavy atom. The number of nitrogens with one attached hydrogen (secondary N) is 2. The molecular weight excluding hydrogens is 356 g/mol. The van der Waals surface area contributed by atoms with Crippen molar-refractivity contribution in [1.29, 1.82) is 0 Å². The molecule has 0 bridgehead atoms. The minimum atomic E-state index is -0.298. The third-order valence-electron chi connectivity index (χ3n) is 4.44. The van der Waals surface area contributed by atoms with E-state index in [2.05, 4.69) is 26.0 Å². The lowest BCUT2D eigenvalue weighted by Gasteiger charge is -2.07. The molecule has 2 amide bonds. The third kappa shape index (κ3) is 4.22. The van der Waals surface area contributed by atoms with E-state index in [-0.39, 0.29) is 24.4 Å². The standard InChI is InChI=1S/C20H20N6O2/c1-13-5-2-3-8-17(13)19-23-25-26(24-19)12-18(27)21-16-7-4-6-14(11-16)20(28)22-15-9-10-15/h2-8,11,15H,9-10,12H2,1H3,(H,21,27)(H,22,28). The molecular formula is C20H20N6O2. The number of tetrazole rings is 1. The molecule has 1 aliphatic carbocycles. The van der Waals surface area contributed by atoms with Crippen molar-refractivity contribution in [3.63, 3.8) is 0 Å². The van der Waals surface area contributed by atoms with Crippen LogP contribution in [-0.4, -0.2) is 38.1 Å². The molecule has 2 aromatic carbocycles. The van der Waals surface area contributed by atoms with Crippen molar-refractivity contribution in [3.8, 4) is 11.4 Å². The van der Waals surface area contributed by atoms with Crippen LogP contribution in [0.5, 0.6) is 0 Å². The Balaban J connectivity index is 1.39. The largest absolute Gasteiger partial charge is 0.349 e. The fourth-order valence-electron chi connectivity index (χ4n) is 2.81. The van der Waals surface area contributed by atoms with Crippen LogP contribution in [0.2, 0.25) is 0 Å². The summed E-state index contributed by atoms with van der Waals surface area (Å²) in [5, 5.41) is 18.0. The number of aryl methyl sites for hydroxylation is 1. The first-order chi connectivity index (χ1) is 13.6. The lowest BCUT2D eigenvalue weighted by atomic mass is 10.1. The van der Waals surface area contributed by atoms with Gasteiger partial charge in [0.15, 0.2) is 0 Å². The Morgan fingerprint density at radius 1 is 1.14 bits per heavy atom. The van der Waals surface area contributed by atoms with Gasteiger partial charge < -0.3 is 10.6 Å². The maximum atomic E-state index is 12.3. The van der Waals surface area contributed by atoms with Crippen molar-refractivity contribution < 1.29 is 9.59 Å². The Bertz CT molecular complexity index is 1020. The van der Waals surface area contributed by atoms with Gasteiger partial charge in [-0.3, -0.25) is 9.59 Å². The van der Waals surface area contributed by atoms with Gasteiger partial charge in [-0.15, -0.1) is 10.2 Å². The first kappa shape index (κ1) is 17.8. The van der Waals surface area contributed by atoms with Crippen LogP contribution in [0.3, 0.4) is 0 Å². The molecule has 0 spiro atoms. The first-order valence-electron chi connectivity index (χ1n) is 9.13. The summed E-state index contributed by atoms with van der Waals surface area (Å²) < 4.78 is 0. The van der Waals surface area contributed by atoms with Crippen molar-refractivity contribution in [3.05, 3.63) is 59.7 Å². The van der Waals surface area contributed by atoms with E-state index in [1.165, 1.54) is 4.80 Å². The molecule has 8 heteroatoms. The summed E-state index contributed by atoms with van der Waals surface area (Å²) in [4.78, 5) is 25.7. The number of amides is 2. The number of hydrogen-bond donors (Lipinski definition) is 2. The predicted molar refractivity (Wildman–Crippen MR) is 104 cm³/mol. The minimum Gasteiger partial charge on any atom is -0.349 e. The van der Waals surface area contributed by atoms with Crippen LogP contribution in [0.1, 0.15) is 28.8 Å². The van der Waals surface area contributed by atoms with Crippen LogP contribution in [0.25, 0.3) is 11.4 Å². The van der Waals surface area contributed by atoms with Gasteiger partial charge in [0.2, 0.25) is 11.7 Å². The summed E-state index contributed by atoms with van der Waals surface area (Å²) in [5.41, 5.74) is 2.98. The average Bonchev–Trinajstić information content (AvgIpc) is 3.38. The Hall–Kier alpha value is -3.55. The van der Waals surface area contributed by atoms with Crippen molar-refractivity contribution in [2.45, 2.75) is 32.4 Å². The number of nitrogens with zero attached hydrogens (tertiary/aromatic N) is 4. The van der Waals surface area contributed by atoms with Crippen molar-refractivity contribution in [2.75, 3.05) is 5.32 Å². The molecule has 2 N–H and O–H groups in total. The molecule has 8 nitrogen and oxygen atoms in total. The maximum absolute atomic E-state index is 12.3. The number of carbonyl (C=O) groups is 2. The van der Waals surface area contributed by atoms with Gasteiger partial charge in [0, 0.05) is 22.9 Å². The third-order valence-corrected chi connectivity index (χ3v) is 4.44. The predicted octanol–water partition coefficient (Wildman–Crippen LogP) is 2.18. The second-order valence-electron chi connectivity index (χ2n) is 6.84. The highest BCUT2D eigenvalue weighted by molar-refractivity contribution is 5.97. The highest BCUT2D eigenvalue weighted by Crippen LogP contribution is 2.20. The summed E-state index contributed by atoms with van der Waals surface area (Å²) in [6.07, 6.45) is 2.05. The summed E-state index contributed by atoms with van der Waals surface area (Å²) in [6, 6.07) is 14.9. The summed E-state index contributed by atoms with van der Waals surface area (Å²) >= 11 is 0. The lowest BCUT2D eigenvalue weighted by molar-refractivity contribution is -0.117. The number of aromatic nitrogens is 4. The van der Waals surface area contributed by atoms with E-state index < -0.39 is 0 Å². The SMILES string of the molecule is Cc1ccccc1-c1nnn(CC(=O)Nc2cccc(C(=O)NC3CC3)c2)n1. The molecule has 1 heterocycles. The molecule has 1 fully saturated rings. The van der Waals surface area contributed by atoms with E-state index in [1.54, 1.807) is 24.3 Å². The van der Waals surface area contributed by atoms with E-state index in [9.17, 15) is 9.59 Å². The number of benzene rings is 2. The van der Waals surface area contributed by atoms with E-state index in [0.717, 1.165) is 24.0 Å². The van der Waals surface area contributed by atoms with Gasteiger partial charge in [-0.2, -0.15) is 4.80 Å². The Labute approximate surface area is 162 Å². The number of anilines is 1. The average molecular weight is 376 g/mol. The molecule has 1 saturated carbocycles. The summed E-state index contributed by atoms with van der Waals surface area (Å²) in [5.74, 6) is 0.0533. The zero-order valence-corrected chi connectivity index (χ0v) is 15.4. The van der Waals surface area contributed by atoms with Crippen LogP contribution < -0.4 is 10.6 Å². The topological polar surface area (TPSA) is 102 Å². The first-order valence-corrected chi connectivity index (χ1v) is 9.13. The second-order valence-corrected chi connectivity index (χ2v) is 6.84. The van der Waals surface area contributed by atoms with E-state index >= 15 is 0 Å². The second kappa shape index (κ2) is 7.59. The fraction of sp³-hybridized carbons (Fsp3) is 0.250. The Kier molecular flexibility index (Phi) is 4.84. The molecule has 1 aliphatic rings. The highest BCUT2D eigenvalue weighted by atomic mass is 16.2. The summed E-state index contributed by atoms with van der Waals surface area (Å²) in [6.45, 7) is 1.90. The fourth-order valence-corrected chi connectivity index (χ4v) is 2.81. The molecule has 28 heavy (non-hydrogen) atoms. The number of carbonyl (C=O) groups excluding carboxylic acids is 2. The zero-order chi connectivity index (χ0) is 19.5. The molecule has 4 rings (SSSR count). The molecule has 142 valence electrons. The van der Waals surface area contributed by atoms with Gasteiger partial charge in [-0.05, 0) is 48.7 Å². The quantitative estimate of drug-likeness (QED) is 0.687. The van der Waals surface area contributed by atoms with E-state index in [1.807, 2.05) is 31.2 Å². The lowest BCUT2D eigenvalue weighted by Crippen LogP contribution is -2.25. The van der Waals surface area contributed by atoms with Gasteiger partial charge in [0.25, 0.3) is 5.91 Å². The van der Waals surface area contributed by atoms with Crippen molar-refractivity contribution in [1.82, 2.24) is 25.5 Å². The van der Waals surface area contributed by atoms with Gasteiger partial charge >= 0.3 is 0 Å². The summed E-state index contributed by atoms with van der Waals surface area (Å²) in [7, 11) is 0. The van der Waals surface area contributed by atoms with Gasteiger partial charge in [0.05, 0.1) is 0 Å². The van der Waals surface area contributed by atoms with Gasteiger partial charge in [0.1, 0.15) is 6.54 Å². The highest BCUT2D eigenvalue weighted by Gasteiger charge is 2.23. The number of hydrogen-bond acceptors (Lipinski definition) is 5. The van der Waals surface area contributed by atoms with E-state index in [4.69, 9.17) is 0 Å². The van der Waals surface area contributed by atoms with Crippen molar-refractivity contribution in [2.24, 2.45) is 0 Å². The van der Waals surface area contributed by atoms with Crippen LogP contribution >= 0.6 is 0 Å².